The van der Waals surface area contributed by atoms with E-state index in [4.69, 9.17) is 0 Å². The number of benzene rings is 1. The number of carbonyl (C=O) groups excluding carboxylic acids is 2. The summed E-state index contributed by atoms with van der Waals surface area (Å²) in [7, 11) is 1.26. The van der Waals surface area contributed by atoms with E-state index in [-0.39, 0.29) is 10.8 Å². The van der Waals surface area contributed by atoms with Crippen LogP contribution in [0.2, 0.25) is 0 Å². The number of nitrogens with zero attached hydrogens (tertiary/aromatic N) is 3. The highest BCUT2D eigenvalue weighted by atomic mass is 32.2. The van der Waals surface area contributed by atoms with Crippen molar-refractivity contribution in [1.82, 2.24) is 5.32 Å². The van der Waals surface area contributed by atoms with Crippen molar-refractivity contribution in [3.05, 3.63) is 40.8 Å². The third-order valence-corrected chi connectivity index (χ3v) is 5.40. The molecule has 3 rings (SSSR count). The van der Waals surface area contributed by atoms with Gasteiger partial charge in [-0.2, -0.15) is 5.10 Å². The van der Waals surface area contributed by atoms with Gasteiger partial charge in [-0.15, -0.1) is 5.10 Å². The van der Waals surface area contributed by atoms with E-state index in [0.717, 1.165) is 42.4 Å². The summed E-state index contributed by atoms with van der Waals surface area (Å²) in [5, 5.41) is 10.9. The predicted molar refractivity (Wildman–Crippen MR) is 108 cm³/mol. The molecule has 27 heavy (non-hydrogen) atoms. The zero-order chi connectivity index (χ0) is 19.2. The Balaban J connectivity index is 1.58. The lowest BCUT2D eigenvalue weighted by Gasteiger charge is -2.32. The number of esters is 1. The minimum atomic E-state index is -0.583. The van der Waals surface area contributed by atoms with Crippen LogP contribution in [0.15, 0.2) is 45.4 Å². The van der Waals surface area contributed by atoms with Crippen molar-refractivity contribution in [2.75, 3.05) is 25.1 Å². The molecule has 2 aliphatic rings. The minimum absolute atomic E-state index is 0.232. The van der Waals surface area contributed by atoms with E-state index in [0.29, 0.717) is 5.17 Å². The number of ether oxygens (including phenoxy) is 1. The maximum Gasteiger partial charge on any atom is 0.331 e. The number of carbonyl (C=O) groups is 2. The molecule has 0 unspecified atom stereocenters. The highest BCUT2D eigenvalue weighted by Crippen LogP contribution is 2.24. The van der Waals surface area contributed by atoms with E-state index in [1.165, 1.54) is 25.6 Å². The van der Waals surface area contributed by atoms with Crippen molar-refractivity contribution in [1.29, 1.82) is 0 Å². The van der Waals surface area contributed by atoms with Crippen LogP contribution in [-0.2, 0) is 14.3 Å². The number of amides is 1. The topological polar surface area (TPSA) is 83.4 Å². The smallest absolute Gasteiger partial charge is 0.331 e. The summed E-state index contributed by atoms with van der Waals surface area (Å²) in [6.07, 6.45) is 5.23. The molecule has 142 valence electrons. The summed E-state index contributed by atoms with van der Waals surface area (Å²) in [6, 6.07) is 8.18. The number of methoxy groups -OCH3 is 1. The lowest BCUT2D eigenvalue weighted by molar-refractivity contribution is -0.135. The van der Waals surface area contributed by atoms with Crippen molar-refractivity contribution in [2.24, 2.45) is 16.1 Å². The number of hydrogen-bond donors (Lipinski definition) is 1. The lowest BCUT2D eigenvalue weighted by atomic mass is 9.99. The molecule has 0 saturated carbocycles. The molecule has 8 heteroatoms. The fraction of sp³-hybridized carbons (Fsp3) is 0.368. The number of rotatable bonds is 4. The Morgan fingerprint density at radius 3 is 2.67 bits per heavy atom. The molecule has 1 amide bonds. The van der Waals surface area contributed by atoms with Crippen LogP contribution < -0.4 is 10.2 Å². The highest BCUT2D eigenvalue weighted by Gasteiger charge is 2.25. The number of piperidine rings is 1. The van der Waals surface area contributed by atoms with Crippen molar-refractivity contribution in [2.45, 2.75) is 19.8 Å². The second-order valence-corrected chi connectivity index (χ2v) is 7.53. The molecular formula is C19H22N4O3S. The second kappa shape index (κ2) is 8.85. The van der Waals surface area contributed by atoms with E-state index in [2.05, 4.69) is 44.2 Å². The maximum atomic E-state index is 11.7. The predicted octanol–water partition coefficient (Wildman–Crippen LogP) is 2.53. The van der Waals surface area contributed by atoms with Crippen LogP contribution >= 0.6 is 11.8 Å². The molecule has 1 aromatic carbocycles. The van der Waals surface area contributed by atoms with Gasteiger partial charge in [-0.1, -0.05) is 19.1 Å². The molecule has 7 nitrogen and oxygen atoms in total. The number of thioether (sulfide) groups is 1. The first kappa shape index (κ1) is 19.2. The van der Waals surface area contributed by atoms with Gasteiger partial charge in [-0.3, -0.25) is 10.1 Å². The van der Waals surface area contributed by atoms with Gasteiger partial charge in [-0.05, 0) is 48.2 Å². The average Bonchev–Trinajstić information content (AvgIpc) is 3.02. The van der Waals surface area contributed by atoms with E-state index >= 15 is 0 Å². The van der Waals surface area contributed by atoms with E-state index in [9.17, 15) is 9.59 Å². The molecule has 1 N–H and O–H groups in total. The van der Waals surface area contributed by atoms with Crippen molar-refractivity contribution < 1.29 is 14.3 Å². The number of hydrogen-bond acceptors (Lipinski definition) is 7. The van der Waals surface area contributed by atoms with Gasteiger partial charge < -0.3 is 9.64 Å². The molecule has 0 radical (unpaired) electrons. The van der Waals surface area contributed by atoms with Crippen molar-refractivity contribution in [3.8, 4) is 0 Å². The van der Waals surface area contributed by atoms with Gasteiger partial charge in [-0.25, -0.2) is 4.79 Å². The van der Waals surface area contributed by atoms with E-state index < -0.39 is 5.97 Å². The fourth-order valence-electron chi connectivity index (χ4n) is 2.83. The summed E-state index contributed by atoms with van der Waals surface area (Å²) < 4.78 is 4.51. The molecule has 2 heterocycles. The fourth-order valence-corrected chi connectivity index (χ4v) is 3.57. The average molecular weight is 386 g/mol. The summed E-state index contributed by atoms with van der Waals surface area (Å²) in [5.41, 5.74) is 2.15. The van der Waals surface area contributed by atoms with Crippen LogP contribution in [0, 0.1) is 5.92 Å². The van der Waals surface area contributed by atoms with Gasteiger partial charge in [0.15, 0.2) is 5.17 Å². The van der Waals surface area contributed by atoms with Gasteiger partial charge in [0.25, 0.3) is 5.91 Å². The first-order valence-electron chi connectivity index (χ1n) is 8.80. The molecular weight excluding hydrogens is 364 g/mol. The molecule has 2 saturated heterocycles. The van der Waals surface area contributed by atoms with Crippen LogP contribution in [-0.4, -0.2) is 43.5 Å². The summed E-state index contributed by atoms with van der Waals surface area (Å²) >= 11 is 1.05. The Labute approximate surface area is 162 Å². The van der Waals surface area contributed by atoms with Crippen molar-refractivity contribution in [3.63, 3.8) is 0 Å². The van der Waals surface area contributed by atoms with Crippen molar-refractivity contribution >= 4 is 40.7 Å². The largest absolute Gasteiger partial charge is 0.466 e. The minimum Gasteiger partial charge on any atom is -0.466 e. The second-order valence-electron chi connectivity index (χ2n) is 6.50. The summed E-state index contributed by atoms with van der Waals surface area (Å²) in [4.78, 5) is 25.6. The van der Waals surface area contributed by atoms with Crippen LogP contribution in [0.4, 0.5) is 5.69 Å². The Bertz CT molecular complexity index is 794. The van der Waals surface area contributed by atoms with E-state index in [1.807, 2.05) is 12.1 Å². The molecule has 0 atom stereocenters. The molecule has 1 aromatic rings. The molecule has 0 spiro atoms. The highest BCUT2D eigenvalue weighted by molar-refractivity contribution is 8.18. The molecule has 0 aliphatic carbocycles. The van der Waals surface area contributed by atoms with Crippen LogP contribution in [0.1, 0.15) is 25.3 Å². The Kier molecular flexibility index (Phi) is 6.28. The maximum absolute atomic E-state index is 11.7. The van der Waals surface area contributed by atoms with Gasteiger partial charge in [0.2, 0.25) is 0 Å². The van der Waals surface area contributed by atoms with E-state index in [1.54, 1.807) is 6.21 Å². The van der Waals surface area contributed by atoms with Crippen LogP contribution in [0.5, 0.6) is 0 Å². The first-order chi connectivity index (χ1) is 13.0. The standard InChI is InChI=1S/C19H22N4O3S/c1-13-7-9-23(10-8-13)15-5-3-14(4-6-15)12-20-22-19-21-18(25)16(27-19)11-17(24)26-2/h3-6,11-13H,7-10H2,1-2H3,(H,21,22,25)/b16-11+,20-12?. The normalized spacial score (nSPS) is 21.3. The zero-order valence-corrected chi connectivity index (χ0v) is 16.2. The number of anilines is 1. The van der Waals surface area contributed by atoms with Gasteiger partial charge in [0.05, 0.1) is 18.2 Å². The molecule has 0 aromatic heterocycles. The Morgan fingerprint density at radius 1 is 1.30 bits per heavy atom. The molecule has 0 bridgehead atoms. The Morgan fingerprint density at radius 2 is 2.00 bits per heavy atom. The Hall–Kier alpha value is -2.61. The van der Waals surface area contributed by atoms with Gasteiger partial charge >= 0.3 is 5.97 Å². The van der Waals surface area contributed by atoms with Gasteiger partial charge in [0, 0.05) is 24.9 Å². The lowest BCUT2D eigenvalue weighted by Crippen LogP contribution is -2.32. The summed E-state index contributed by atoms with van der Waals surface area (Å²) in [5.74, 6) is -0.163. The monoisotopic (exact) mass is 386 g/mol. The number of amidine groups is 1. The third-order valence-electron chi connectivity index (χ3n) is 4.50. The van der Waals surface area contributed by atoms with Crippen LogP contribution in [0.25, 0.3) is 0 Å². The van der Waals surface area contributed by atoms with Gasteiger partial charge in [0.1, 0.15) is 0 Å². The third kappa shape index (κ3) is 5.19. The van der Waals surface area contributed by atoms with Crippen LogP contribution in [0.3, 0.4) is 0 Å². The first-order valence-corrected chi connectivity index (χ1v) is 9.61. The quantitative estimate of drug-likeness (QED) is 0.372. The molecule has 2 aliphatic heterocycles. The SMILES string of the molecule is COC(=O)/C=C1/S/C(=N\N=Cc2ccc(N3CCC(C)CC3)cc2)NC1=O. The number of nitrogens with one attached hydrogen (secondary N) is 1. The zero-order valence-electron chi connectivity index (χ0n) is 15.3. The molecule has 2 fully saturated rings. The summed E-state index contributed by atoms with van der Waals surface area (Å²) in [6.45, 7) is 4.50.